The maximum atomic E-state index is 12.0. The molecule has 2 aromatic carbocycles. The molecule has 1 saturated heterocycles. The van der Waals surface area contributed by atoms with Gasteiger partial charge in [-0.25, -0.2) is 0 Å². The molecule has 2 aromatic rings. The number of hydrogen-bond acceptors (Lipinski definition) is 8. The summed E-state index contributed by atoms with van der Waals surface area (Å²) in [7, 11) is 0. The quantitative estimate of drug-likeness (QED) is 0.483. The topological polar surface area (TPSA) is 80.3 Å². The molecule has 0 unspecified atom stereocenters. The van der Waals surface area contributed by atoms with Gasteiger partial charge in [0.1, 0.15) is 30.9 Å². The molecule has 8 heteroatoms. The highest BCUT2D eigenvalue weighted by atomic mass is 32.2. The number of hydrogen-bond donors (Lipinski definition) is 0. The summed E-state index contributed by atoms with van der Waals surface area (Å²) in [4.78, 5) is 23.8. The second kappa shape index (κ2) is 10.7. The van der Waals surface area contributed by atoms with E-state index in [2.05, 4.69) is 30.3 Å². The molecule has 2 heterocycles. The summed E-state index contributed by atoms with van der Waals surface area (Å²) in [5.41, 5.74) is 4.42. The number of benzene rings is 2. The van der Waals surface area contributed by atoms with Crippen LogP contribution >= 0.6 is 11.8 Å². The molecule has 3 aliphatic rings. The molecule has 0 bridgehead atoms. The third-order valence-corrected chi connectivity index (χ3v) is 7.61. The van der Waals surface area contributed by atoms with E-state index in [-0.39, 0.29) is 5.44 Å². The number of fused-ring (bicyclic) bond motifs is 1. The van der Waals surface area contributed by atoms with Crippen LogP contribution in [0.15, 0.2) is 36.4 Å². The highest BCUT2D eigenvalue weighted by Crippen LogP contribution is 2.45. The van der Waals surface area contributed by atoms with E-state index in [0.717, 1.165) is 29.0 Å². The SMILES string of the molecule is CS[C@@H]1C[C@@H](OC(C)=O)[C@H](OC(C)=O)[C@H](c2ccc(C3CC3)c(Cc3ccc4c(c3)OCCO4)c2)O1. The van der Waals surface area contributed by atoms with Gasteiger partial charge in [0.15, 0.2) is 17.6 Å². The van der Waals surface area contributed by atoms with Crippen molar-refractivity contribution in [2.75, 3.05) is 19.5 Å². The van der Waals surface area contributed by atoms with E-state index in [1.807, 2.05) is 12.3 Å². The van der Waals surface area contributed by atoms with Crippen LogP contribution in [0.1, 0.15) is 67.4 Å². The first-order chi connectivity index (χ1) is 17.4. The van der Waals surface area contributed by atoms with Crippen molar-refractivity contribution in [2.45, 2.75) is 69.2 Å². The molecule has 5 rings (SSSR count). The van der Waals surface area contributed by atoms with Crippen LogP contribution in [0.25, 0.3) is 0 Å². The van der Waals surface area contributed by atoms with E-state index in [1.54, 1.807) is 11.8 Å². The minimum absolute atomic E-state index is 0.185. The van der Waals surface area contributed by atoms with Gasteiger partial charge in [-0.3, -0.25) is 9.59 Å². The zero-order chi connectivity index (χ0) is 25.2. The van der Waals surface area contributed by atoms with Crippen molar-refractivity contribution in [3.63, 3.8) is 0 Å². The first-order valence-electron chi connectivity index (χ1n) is 12.4. The van der Waals surface area contributed by atoms with Gasteiger partial charge in [-0.2, -0.15) is 0 Å². The fourth-order valence-corrected chi connectivity index (χ4v) is 5.67. The van der Waals surface area contributed by atoms with Gasteiger partial charge in [0.25, 0.3) is 0 Å². The first kappa shape index (κ1) is 25.0. The van der Waals surface area contributed by atoms with Crippen LogP contribution in [0.5, 0.6) is 11.5 Å². The Balaban J connectivity index is 1.48. The number of ether oxygens (including phenoxy) is 5. The van der Waals surface area contributed by atoms with Crippen LogP contribution in [-0.2, 0) is 30.2 Å². The largest absolute Gasteiger partial charge is 0.486 e. The lowest BCUT2D eigenvalue weighted by atomic mass is 9.90. The van der Waals surface area contributed by atoms with E-state index >= 15 is 0 Å². The lowest BCUT2D eigenvalue weighted by Gasteiger charge is -2.40. The Labute approximate surface area is 215 Å². The summed E-state index contributed by atoms with van der Waals surface area (Å²) >= 11 is 1.55. The second-order valence-electron chi connectivity index (χ2n) is 9.57. The Hall–Kier alpha value is -2.71. The lowest BCUT2D eigenvalue weighted by molar-refractivity contribution is -0.198. The first-order valence-corrected chi connectivity index (χ1v) is 13.7. The predicted octanol–water partition coefficient (Wildman–Crippen LogP) is 4.94. The molecule has 0 radical (unpaired) electrons. The van der Waals surface area contributed by atoms with Gasteiger partial charge in [-0.05, 0) is 65.8 Å². The lowest BCUT2D eigenvalue weighted by Crippen LogP contribution is -2.47. The number of esters is 2. The van der Waals surface area contributed by atoms with E-state index in [4.69, 9.17) is 23.7 Å². The number of carbonyl (C=O) groups excluding carboxylic acids is 2. The van der Waals surface area contributed by atoms with Gasteiger partial charge >= 0.3 is 11.9 Å². The minimum Gasteiger partial charge on any atom is -0.486 e. The van der Waals surface area contributed by atoms with E-state index in [1.165, 1.54) is 37.8 Å². The maximum Gasteiger partial charge on any atom is 0.303 e. The van der Waals surface area contributed by atoms with Crippen LogP contribution in [0.2, 0.25) is 0 Å². The Morgan fingerprint density at radius 2 is 1.72 bits per heavy atom. The Morgan fingerprint density at radius 3 is 2.42 bits per heavy atom. The molecule has 1 saturated carbocycles. The highest BCUT2D eigenvalue weighted by Gasteiger charge is 2.44. The van der Waals surface area contributed by atoms with Crippen LogP contribution in [0, 0.1) is 0 Å². The molecule has 2 fully saturated rings. The molecule has 0 aromatic heterocycles. The molecule has 7 nitrogen and oxygen atoms in total. The molecule has 0 amide bonds. The summed E-state index contributed by atoms with van der Waals surface area (Å²) in [6, 6.07) is 12.5. The molecule has 36 heavy (non-hydrogen) atoms. The van der Waals surface area contributed by atoms with Crippen molar-refractivity contribution in [3.8, 4) is 11.5 Å². The van der Waals surface area contributed by atoms with Crippen molar-refractivity contribution in [1.82, 2.24) is 0 Å². The molecule has 192 valence electrons. The number of carbonyl (C=O) groups is 2. The third-order valence-electron chi connectivity index (χ3n) is 6.78. The minimum atomic E-state index is -0.719. The van der Waals surface area contributed by atoms with Crippen molar-refractivity contribution in [3.05, 3.63) is 58.7 Å². The average molecular weight is 513 g/mol. The van der Waals surface area contributed by atoms with Crippen molar-refractivity contribution < 1.29 is 33.3 Å². The van der Waals surface area contributed by atoms with Gasteiger partial charge < -0.3 is 23.7 Å². The summed E-state index contributed by atoms with van der Waals surface area (Å²) in [6.07, 6.45) is 3.69. The molecule has 2 aliphatic heterocycles. The van der Waals surface area contributed by atoms with E-state index in [9.17, 15) is 9.59 Å². The number of rotatable bonds is 7. The number of thioether (sulfide) groups is 1. The average Bonchev–Trinajstić information content (AvgIpc) is 3.70. The summed E-state index contributed by atoms with van der Waals surface area (Å²) in [6.45, 7) is 3.86. The monoisotopic (exact) mass is 512 g/mol. The molecular formula is C28H32O7S. The smallest absolute Gasteiger partial charge is 0.303 e. The van der Waals surface area contributed by atoms with Crippen molar-refractivity contribution in [2.24, 2.45) is 0 Å². The second-order valence-corrected chi connectivity index (χ2v) is 10.6. The molecule has 1 aliphatic carbocycles. The summed E-state index contributed by atoms with van der Waals surface area (Å²) in [5, 5.41) is 0. The van der Waals surface area contributed by atoms with Crippen molar-refractivity contribution >= 4 is 23.7 Å². The highest BCUT2D eigenvalue weighted by molar-refractivity contribution is 7.99. The van der Waals surface area contributed by atoms with E-state index in [0.29, 0.717) is 25.6 Å². The van der Waals surface area contributed by atoms with Gasteiger partial charge in [0.2, 0.25) is 0 Å². The summed E-state index contributed by atoms with van der Waals surface area (Å²) < 4.78 is 29.2. The maximum absolute atomic E-state index is 12.0. The van der Waals surface area contributed by atoms with Crippen LogP contribution in [0.3, 0.4) is 0 Å². The summed E-state index contributed by atoms with van der Waals surface area (Å²) in [5.74, 6) is 1.29. The van der Waals surface area contributed by atoms with Crippen LogP contribution < -0.4 is 9.47 Å². The molecule has 4 atom stereocenters. The normalized spacial score (nSPS) is 25.2. The predicted molar refractivity (Wildman–Crippen MR) is 136 cm³/mol. The van der Waals surface area contributed by atoms with Gasteiger partial charge in [0.05, 0.1) is 0 Å². The third kappa shape index (κ3) is 5.65. The zero-order valence-corrected chi connectivity index (χ0v) is 21.7. The fourth-order valence-electron chi connectivity index (χ4n) is 5.06. The zero-order valence-electron chi connectivity index (χ0n) is 20.9. The fraction of sp³-hybridized carbons (Fsp3) is 0.500. The van der Waals surface area contributed by atoms with Gasteiger partial charge in [-0.15, -0.1) is 11.8 Å². The van der Waals surface area contributed by atoms with Gasteiger partial charge in [-0.1, -0.05) is 24.3 Å². The van der Waals surface area contributed by atoms with Crippen molar-refractivity contribution in [1.29, 1.82) is 0 Å². The Kier molecular flexibility index (Phi) is 7.44. The Bertz CT molecular complexity index is 1130. The Morgan fingerprint density at radius 1 is 0.972 bits per heavy atom. The van der Waals surface area contributed by atoms with Gasteiger partial charge in [0, 0.05) is 20.3 Å². The van der Waals surface area contributed by atoms with Crippen LogP contribution in [0.4, 0.5) is 0 Å². The van der Waals surface area contributed by atoms with E-state index < -0.39 is 30.3 Å². The molecule has 0 N–H and O–H groups in total. The standard InChI is InChI=1S/C28H32O7S/c1-16(29)33-25-15-26(36-3)35-27(28(25)34-17(2)30)20-7-8-22(19-5-6-19)21(14-20)12-18-4-9-23-24(13-18)32-11-10-31-23/h4,7-9,13-14,19,25-28H,5-6,10-12,15H2,1-3H3/t25-,26-,27+,28+/m1/s1. The van der Waals surface area contributed by atoms with Crippen LogP contribution in [-0.4, -0.2) is 49.1 Å². The molecule has 0 spiro atoms. The molecular weight excluding hydrogens is 480 g/mol.